The standard InChI is InChI=1S/C22H34O6/c1-2-3-4-5-6-7-8-9-10-11-19(20(24)25)22(28,21(26)27)16-17-12-14-18(23)15-13-17/h12-15,19,23,28H,2-11,16H2,1H3,(H,24,25)(H,26,27). The van der Waals surface area contributed by atoms with Crippen molar-refractivity contribution in [2.45, 2.75) is 83.2 Å². The van der Waals surface area contributed by atoms with E-state index in [0.717, 1.165) is 19.3 Å². The molecule has 0 bridgehead atoms. The second-order valence-corrected chi connectivity index (χ2v) is 7.58. The fourth-order valence-electron chi connectivity index (χ4n) is 3.50. The third-order valence-electron chi connectivity index (χ3n) is 5.25. The number of carboxylic acids is 2. The second-order valence-electron chi connectivity index (χ2n) is 7.58. The first-order chi connectivity index (χ1) is 13.3. The first-order valence-electron chi connectivity index (χ1n) is 10.3. The van der Waals surface area contributed by atoms with Crippen molar-refractivity contribution in [3.05, 3.63) is 29.8 Å². The number of hydrogen-bond donors (Lipinski definition) is 4. The molecular weight excluding hydrogens is 360 g/mol. The van der Waals surface area contributed by atoms with E-state index in [9.17, 15) is 30.0 Å². The highest BCUT2D eigenvalue weighted by molar-refractivity contribution is 5.86. The molecule has 4 N–H and O–H groups in total. The predicted molar refractivity (Wildman–Crippen MR) is 107 cm³/mol. The van der Waals surface area contributed by atoms with Crippen molar-refractivity contribution in [1.82, 2.24) is 0 Å². The number of unbranched alkanes of at least 4 members (excludes halogenated alkanes) is 8. The van der Waals surface area contributed by atoms with E-state index < -0.39 is 23.5 Å². The van der Waals surface area contributed by atoms with Crippen LogP contribution in [-0.2, 0) is 16.0 Å². The molecule has 0 radical (unpaired) electrons. The summed E-state index contributed by atoms with van der Waals surface area (Å²) in [6, 6.07) is 5.74. The highest BCUT2D eigenvalue weighted by atomic mass is 16.4. The maximum absolute atomic E-state index is 11.7. The minimum Gasteiger partial charge on any atom is -0.508 e. The average Bonchev–Trinajstić information content (AvgIpc) is 2.64. The summed E-state index contributed by atoms with van der Waals surface area (Å²) in [4.78, 5) is 23.4. The van der Waals surface area contributed by atoms with Crippen LogP contribution in [0.15, 0.2) is 24.3 Å². The third kappa shape index (κ3) is 7.89. The van der Waals surface area contributed by atoms with E-state index in [-0.39, 0.29) is 18.6 Å². The molecule has 1 aromatic carbocycles. The molecule has 0 aromatic heterocycles. The molecule has 6 heteroatoms. The van der Waals surface area contributed by atoms with Crippen molar-refractivity contribution >= 4 is 11.9 Å². The Kier molecular flexibility index (Phi) is 10.6. The van der Waals surface area contributed by atoms with Crippen LogP contribution in [0.4, 0.5) is 0 Å². The summed E-state index contributed by atoms with van der Waals surface area (Å²) in [6.45, 7) is 2.18. The number of aromatic hydroxyl groups is 1. The molecule has 0 fully saturated rings. The van der Waals surface area contributed by atoms with Crippen molar-refractivity contribution < 1.29 is 30.0 Å². The van der Waals surface area contributed by atoms with Gasteiger partial charge in [-0.1, -0.05) is 76.8 Å². The molecular formula is C22H34O6. The van der Waals surface area contributed by atoms with Gasteiger partial charge in [0.15, 0.2) is 5.60 Å². The molecule has 0 amide bonds. The summed E-state index contributed by atoms with van der Waals surface area (Å²) in [5.41, 5.74) is -1.93. The van der Waals surface area contributed by atoms with Crippen LogP contribution in [0, 0.1) is 5.92 Å². The van der Waals surface area contributed by atoms with E-state index in [2.05, 4.69) is 6.92 Å². The number of carbonyl (C=O) groups is 2. The summed E-state index contributed by atoms with van der Waals surface area (Å²) in [5, 5.41) is 39.1. The van der Waals surface area contributed by atoms with Crippen LogP contribution in [0.1, 0.15) is 76.7 Å². The number of hydrogen-bond acceptors (Lipinski definition) is 4. The molecule has 2 atom stereocenters. The van der Waals surface area contributed by atoms with Crippen LogP contribution in [0.2, 0.25) is 0 Å². The van der Waals surface area contributed by atoms with Crippen LogP contribution < -0.4 is 0 Å². The monoisotopic (exact) mass is 394 g/mol. The van der Waals surface area contributed by atoms with E-state index in [0.29, 0.717) is 12.0 Å². The minimum atomic E-state index is -2.39. The van der Waals surface area contributed by atoms with Gasteiger partial charge in [0.05, 0.1) is 5.92 Å². The molecule has 0 saturated carbocycles. The highest BCUT2D eigenvalue weighted by Crippen LogP contribution is 2.29. The lowest BCUT2D eigenvalue weighted by Gasteiger charge is -2.30. The van der Waals surface area contributed by atoms with Crippen LogP contribution in [0.5, 0.6) is 5.75 Å². The van der Waals surface area contributed by atoms with Gasteiger partial charge in [-0.15, -0.1) is 0 Å². The molecule has 0 heterocycles. The Balaban J connectivity index is 2.58. The van der Waals surface area contributed by atoms with Gasteiger partial charge in [-0.05, 0) is 24.1 Å². The van der Waals surface area contributed by atoms with Gasteiger partial charge in [-0.3, -0.25) is 4.79 Å². The maximum atomic E-state index is 11.7. The number of rotatable bonds is 15. The summed E-state index contributed by atoms with van der Waals surface area (Å²) < 4.78 is 0. The quantitative estimate of drug-likeness (QED) is 0.328. The third-order valence-corrected chi connectivity index (χ3v) is 5.25. The zero-order valence-corrected chi connectivity index (χ0v) is 16.8. The molecule has 1 aromatic rings. The topological polar surface area (TPSA) is 115 Å². The molecule has 0 saturated heterocycles. The number of benzene rings is 1. The second kappa shape index (κ2) is 12.4. The number of phenolic OH excluding ortho intramolecular Hbond substituents is 1. The van der Waals surface area contributed by atoms with Gasteiger partial charge in [-0.2, -0.15) is 0 Å². The van der Waals surface area contributed by atoms with Crippen molar-refractivity contribution in [1.29, 1.82) is 0 Å². The summed E-state index contributed by atoms with van der Waals surface area (Å²) in [7, 11) is 0. The Morgan fingerprint density at radius 2 is 1.39 bits per heavy atom. The number of aliphatic hydroxyl groups is 1. The van der Waals surface area contributed by atoms with Gasteiger partial charge >= 0.3 is 11.9 Å². The summed E-state index contributed by atoms with van der Waals surface area (Å²) in [5.74, 6) is -4.21. The lowest BCUT2D eigenvalue weighted by Crippen LogP contribution is -2.51. The molecule has 0 aliphatic rings. The minimum absolute atomic E-state index is 0.0205. The first kappa shape index (κ1) is 24.0. The number of carboxylic acid groups (broad SMARTS) is 2. The van der Waals surface area contributed by atoms with E-state index in [1.54, 1.807) is 0 Å². The Morgan fingerprint density at radius 3 is 1.86 bits per heavy atom. The van der Waals surface area contributed by atoms with E-state index in [4.69, 9.17) is 0 Å². The predicted octanol–water partition coefficient (Wildman–Crippen LogP) is 4.37. The lowest BCUT2D eigenvalue weighted by molar-refractivity contribution is -0.174. The number of phenols is 1. The van der Waals surface area contributed by atoms with Crippen LogP contribution in [0.25, 0.3) is 0 Å². The molecule has 28 heavy (non-hydrogen) atoms. The molecule has 0 spiro atoms. The van der Waals surface area contributed by atoms with Crippen molar-refractivity contribution in [2.75, 3.05) is 0 Å². The van der Waals surface area contributed by atoms with Gasteiger partial charge in [0.2, 0.25) is 0 Å². The molecule has 6 nitrogen and oxygen atoms in total. The molecule has 2 unspecified atom stereocenters. The van der Waals surface area contributed by atoms with E-state index >= 15 is 0 Å². The normalized spacial score (nSPS) is 14.4. The SMILES string of the molecule is CCCCCCCCCCCC(C(=O)O)C(O)(Cc1ccc(O)cc1)C(=O)O. The van der Waals surface area contributed by atoms with Crippen molar-refractivity contribution in [3.8, 4) is 5.75 Å². The van der Waals surface area contributed by atoms with Crippen LogP contribution in [-0.4, -0.2) is 38.0 Å². The Labute approximate surface area is 167 Å². The van der Waals surface area contributed by atoms with E-state index in [1.165, 1.54) is 56.4 Å². The molecule has 0 aliphatic heterocycles. The lowest BCUT2D eigenvalue weighted by atomic mass is 9.79. The number of aliphatic carboxylic acids is 2. The Morgan fingerprint density at radius 1 is 0.893 bits per heavy atom. The largest absolute Gasteiger partial charge is 0.508 e. The fraction of sp³-hybridized carbons (Fsp3) is 0.636. The molecule has 1 rings (SSSR count). The Hall–Kier alpha value is -2.08. The van der Waals surface area contributed by atoms with Gasteiger partial charge in [-0.25, -0.2) is 4.79 Å². The summed E-state index contributed by atoms with van der Waals surface area (Å²) >= 11 is 0. The maximum Gasteiger partial charge on any atom is 0.336 e. The van der Waals surface area contributed by atoms with Crippen LogP contribution >= 0.6 is 0 Å². The van der Waals surface area contributed by atoms with Gasteiger partial charge in [0.25, 0.3) is 0 Å². The summed E-state index contributed by atoms with van der Waals surface area (Å²) in [6.07, 6.45) is 9.38. The van der Waals surface area contributed by atoms with Crippen molar-refractivity contribution in [2.24, 2.45) is 5.92 Å². The zero-order chi connectivity index (χ0) is 21.0. The van der Waals surface area contributed by atoms with Gasteiger partial charge in [0.1, 0.15) is 5.75 Å². The fourth-order valence-corrected chi connectivity index (χ4v) is 3.50. The van der Waals surface area contributed by atoms with Crippen LogP contribution in [0.3, 0.4) is 0 Å². The molecule has 0 aliphatic carbocycles. The smallest absolute Gasteiger partial charge is 0.336 e. The highest BCUT2D eigenvalue weighted by Gasteiger charge is 2.47. The van der Waals surface area contributed by atoms with Gasteiger partial charge < -0.3 is 20.4 Å². The van der Waals surface area contributed by atoms with Gasteiger partial charge in [0, 0.05) is 6.42 Å². The van der Waals surface area contributed by atoms with E-state index in [1.807, 2.05) is 0 Å². The molecule has 158 valence electrons. The first-order valence-corrected chi connectivity index (χ1v) is 10.3. The van der Waals surface area contributed by atoms with Crippen molar-refractivity contribution in [3.63, 3.8) is 0 Å². The average molecular weight is 395 g/mol. The Bertz CT molecular complexity index is 598. The zero-order valence-electron chi connectivity index (χ0n) is 16.8.